The number of halogens is 1. The summed E-state index contributed by atoms with van der Waals surface area (Å²) >= 11 is 4.84. The van der Waals surface area contributed by atoms with Gasteiger partial charge < -0.3 is 5.73 Å². The van der Waals surface area contributed by atoms with E-state index in [-0.39, 0.29) is 11.6 Å². The van der Waals surface area contributed by atoms with E-state index < -0.39 is 10.0 Å². The molecular formula is C11H12BrN3O2S2. The molecule has 0 bridgehead atoms. The second-order valence-corrected chi connectivity index (χ2v) is 7.29. The van der Waals surface area contributed by atoms with Crippen molar-refractivity contribution in [2.45, 2.75) is 18.1 Å². The average molecular weight is 362 g/mol. The Kier molecular flexibility index (Phi) is 4.69. The van der Waals surface area contributed by atoms with Gasteiger partial charge in [0.05, 0.1) is 0 Å². The third-order valence-corrected chi connectivity index (χ3v) is 5.67. The molecule has 102 valence electrons. The SMILES string of the molecule is NCc1ccc(S(=O)(=O)NCc2sccc2Br)nc1. The lowest BCUT2D eigenvalue weighted by atomic mass is 10.3. The van der Waals surface area contributed by atoms with Crippen LogP contribution in [0.3, 0.4) is 0 Å². The van der Waals surface area contributed by atoms with Crippen LogP contribution in [0.4, 0.5) is 0 Å². The summed E-state index contributed by atoms with van der Waals surface area (Å²) in [6.45, 7) is 0.573. The maximum Gasteiger partial charge on any atom is 0.258 e. The predicted octanol–water partition coefficient (Wildman–Crippen LogP) is 1.84. The van der Waals surface area contributed by atoms with Gasteiger partial charge in [-0.25, -0.2) is 18.1 Å². The second kappa shape index (κ2) is 6.10. The number of nitrogens with two attached hydrogens (primary N) is 1. The fourth-order valence-electron chi connectivity index (χ4n) is 1.38. The maximum atomic E-state index is 12.0. The van der Waals surface area contributed by atoms with Gasteiger partial charge >= 0.3 is 0 Å². The number of hydrogen-bond acceptors (Lipinski definition) is 5. The second-order valence-electron chi connectivity index (χ2n) is 3.73. The number of hydrogen-bond donors (Lipinski definition) is 2. The largest absolute Gasteiger partial charge is 0.326 e. The fraction of sp³-hybridized carbons (Fsp3) is 0.182. The van der Waals surface area contributed by atoms with Gasteiger partial charge in [0.15, 0.2) is 5.03 Å². The number of sulfonamides is 1. The van der Waals surface area contributed by atoms with Gasteiger partial charge in [0.1, 0.15) is 0 Å². The van der Waals surface area contributed by atoms with Crippen LogP contribution in [0.25, 0.3) is 0 Å². The molecule has 0 saturated carbocycles. The van der Waals surface area contributed by atoms with Crippen LogP contribution in [0, 0.1) is 0 Å². The monoisotopic (exact) mass is 361 g/mol. The van der Waals surface area contributed by atoms with E-state index in [1.54, 1.807) is 6.07 Å². The van der Waals surface area contributed by atoms with Crippen molar-refractivity contribution < 1.29 is 8.42 Å². The predicted molar refractivity (Wildman–Crippen MR) is 78.2 cm³/mol. The van der Waals surface area contributed by atoms with Crippen molar-refractivity contribution in [3.63, 3.8) is 0 Å². The number of nitrogens with one attached hydrogen (secondary N) is 1. The van der Waals surface area contributed by atoms with E-state index in [1.807, 2.05) is 11.4 Å². The van der Waals surface area contributed by atoms with Gasteiger partial charge in [0.2, 0.25) is 0 Å². The van der Waals surface area contributed by atoms with Gasteiger partial charge in [-0.15, -0.1) is 11.3 Å². The van der Waals surface area contributed by atoms with Crippen molar-refractivity contribution in [2.24, 2.45) is 5.73 Å². The third kappa shape index (κ3) is 3.61. The van der Waals surface area contributed by atoms with E-state index in [1.165, 1.54) is 23.6 Å². The molecule has 0 atom stereocenters. The minimum atomic E-state index is -3.59. The first-order chi connectivity index (χ1) is 9.03. The van der Waals surface area contributed by atoms with Crippen LogP contribution >= 0.6 is 27.3 Å². The molecule has 2 aromatic rings. The quantitative estimate of drug-likeness (QED) is 0.850. The summed E-state index contributed by atoms with van der Waals surface area (Å²) in [5.41, 5.74) is 6.23. The van der Waals surface area contributed by atoms with Crippen molar-refractivity contribution >= 4 is 37.3 Å². The summed E-state index contributed by atoms with van der Waals surface area (Å²) in [7, 11) is -3.59. The highest BCUT2D eigenvalue weighted by atomic mass is 79.9. The van der Waals surface area contributed by atoms with Gasteiger partial charge in [-0.05, 0) is 39.0 Å². The molecule has 0 spiro atoms. The lowest BCUT2D eigenvalue weighted by molar-refractivity contribution is 0.577. The van der Waals surface area contributed by atoms with Gasteiger partial charge in [0.25, 0.3) is 10.0 Å². The molecule has 0 aliphatic heterocycles. The average Bonchev–Trinajstić information content (AvgIpc) is 2.82. The Morgan fingerprint density at radius 3 is 2.68 bits per heavy atom. The van der Waals surface area contributed by atoms with Crippen LogP contribution < -0.4 is 10.5 Å². The number of thiophene rings is 1. The van der Waals surface area contributed by atoms with Crippen molar-refractivity contribution in [3.8, 4) is 0 Å². The molecule has 19 heavy (non-hydrogen) atoms. The van der Waals surface area contributed by atoms with Crippen molar-refractivity contribution in [1.82, 2.24) is 9.71 Å². The number of pyridine rings is 1. The molecule has 0 saturated heterocycles. The minimum absolute atomic E-state index is 0.00243. The van der Waals surface area contributed by atoms with Crippen LogP contribution in [0.2, 0.25) is 0 Å². The van der Waals surface area contributed by atoms with Crippen LogP contribution in [-0.2, 0) is 23.1 Å². The lowest BCUT2D eigenvalue weighted by Gasteiger charge is -2.06. The van der Waals surface area contributed by atoms with E-state index >= 15 is 0 Å². The Morgan fingerprint density at radius 1 is 1.37 bits per heavy atom. The molecule has 0 amide bonds. The Labute approximate surface area is 124 Å². The zero-order valence-electron chi connectivity index (χ0n) is 9.84. The van der Waals surface area contributed by atoms with Crippen molar-refractivity contribution in [3.05, 3.63) is 44.7 Å². The van der Waals surface area contributed by atoms with Crippen molar-refractivity contribution in [1.29, 1.82) is 0 Å². The summed E-state index contributed by atoms with van der Waals surface area (Å²) in [6.07, 6.45) is 1.47. The molecule has 0 aromatic carbocycles. The summed E-state index contributed by atoms with van der Waals surface area (Å²) < 4.78 is 27.5. The topological polar surface area (TPSA) is 85.1 Å². The van der Waals surface area contributed by atoms with E-state index in [0.717, 1.165) is 14.9 Å². The van der Waals surface area contributed by atoms with Gasteiger partial charge in [-0.3, -0.25) is 0 Å². The minimum Gasteiger partial charge on any atom is -0.326 e. The van der Waals surface area contributed by atoms with Crippen molar-refractivity contribution in [2.75, 3.05) is 0 Å². The standard InChI is InChI=1S/C11H12BrN3O2S2/c12-9-3-4-18-10(9)7-15-19(16,17)11-2-1-8(5-13)6-14-11/h1-4,6,15H,5,7,13H2. The molecule has 0 unspecified atom stereocenters. The summed E-state index contributed by atoms with van der Waals surface area (Å²) in [5, 5.41) is 1.89. The van der Waals surface area contributed by atoms with Gasteiger partial charge in [-0.2, -0.15) is 0 Å². The lowest BCUT2D eigenvalue weighted by Crippen LogP contribution is -2.24. The zero-order valence-corrected chi connectivity index (χ0v) is 13.1. The van der Waals surface area contributed by atoms with Gasteiger partial charge in [-0.1, -0.05) is 6.07 Å². The number of nitrogens with zero attached hydrogens (tertiary/aromatic N) is 1. The zero-order chi connectivity index (χ0) is 13.9. The maximum absolute atomic E-state index is 12.0. The number of aromatic nitrogens is 1. The molecule has 2 aromatic heterocycles. The molecule has 8 heteroatoms. The van der Waals surface area contributed by atoms with Crippen LogP contribution in [-0.4, -0.2) is 13.4 Å². The van der Waals surface area contributed by atoms with E-state index in [0.29, 0.717) is 6.54 Å². The fourth-order valence-corrected chi connectivity index (χ4v) is 3.82. The first-order valence-electron chi connectivity index (χ1n) is 5.39. The molecule has 3 N–H and O–H groups in total. The highest BCUT2D eigenvalue weighted by molar-refractivity contribution is 9.10. The summed E-state index contributed by atoms with van der Waals surface area (Å²) in [5.74, 6) is 0. The molecule has 0 radical (unpaired) electrons. The Bertz CT molecular complexity index is 653. The first-order valence-corrected chi connectivity index (χ1v) is 8.55. The highest BCUT2D eigenvalue weighted by Gasteiger charge is 2.16. The van der Waals surface area contributed by atoms with Crippen LogP contribution in [0.1, 0.15) is 10.4 Å². The Hall–Kier alpha value is -0.800. The number of rotatable bonds is 5. The van der Waals surface area contributed by atoms with E-state index in [9.17, 15) is 8.42 Å². The Balaban J connectivity index is 2.11. The molecule has 5 nitrogen and oxygen atoms in total. The van der Waals surface area contributed by atoms with E-state index in [4.69, 9.17) is 5.73 Å². The smallest absolute Gasteiger partial charge is 0.258 e. The normalized spacial score (nSPS) is 11.7. The molecular weight excluding hydrogens is 350 g/mol. The third-order valence-electron chi connectivity index (χ3n) is 2.42. The van der Waals surface area contributed by atoms with Crippen LogP contribution in [0.5, 0.6) is 0 Å². The highest BCUT2D eigenvalue weighted by Crippen LogP contribution is 2.22. The Morgan fingerprint density at radius 2 is 2.16 bits per heavy atom. The molecule has 0 aliphatic carbocycles. The first kappa shape index (κ1) is 14.6. The molecule has 0 fully saturated rings. The molecule has 2 rings (SSSR count). The molecule has 2 heterocycles. The van der Waals surface area contributed by atoms with Crippen LogP contribution in [0.15, 0.2) is 39.3 Å². The molecule has 0 aliphatic rings. The summed E-state index contributed by atoms with van der Waals surface area (Å²) in [6, 6.07) is 4.99. The summed E-state index contributed by atoms with van der Waals surface area (Å²) in [4.78, 5) is 4.82. The van der Waals surface area contributed by atoms with Gasteiger partial charge in [0, 0.05) is 28.6 Å². The van der Waals surface area contributed by atoms with E-state index in [2.05, 4.69) is 25.6 Å².